The van der Waals surface area contributed by atoms with Crippen LogP contribution >= 0.6 is 11.8 Å². The van der Waals surface area contributed by atoms with E-state index in [2.05, 4.69) is 15.8 Å². The topological polar surface area (TPSA) is 117 Å². The molecule has 0 bridgehead atoms. The summed E-state index contributed by atoms with van der Waals surface area (Å²) in [5, 5.41) is 8.54. The van der Waals surface area contributed by atoms with Gasteiger partial charge in [-0.2, -0.15) is 0 Å². The molecule has 1 aromatic rings. The molecule has 7 nitrogen and oxygen atoms in total. The number of carboxylic acid groups (broad SMARTS) is 1. The SMILES string of the molecule is N[C@H](CSCC(=O)NNc1ccccn1)C(=O)O. The number of nitrogens with two attached hydrogens (primary N) is 1. The molecular weight excluding hydrogens is 256 g/mol. The monoisotopic (exact) mass is 270 g/mol. The van der Waals surface area contributed by atoms with E-state index in [0.717, 1.165) is 11.8 Å². The van der Waals surface area contributed by atoms with Gasteiger partial charge in [0.2, 0.25) is 5.91 Å². The van der Waals surface area contributed by atoms with Gasteiger partial charge in [0.25, 0.3) is 0 Å². The molecule has 0 fully saturated rings. The largest absolute Gasteiger partial charge is 0.480 e. The van der Waals surface area contributed by atoms with Crippen molar-refractivity contribution in [3.63, 3.8) is 0 Å². The zero-order valence-corrected chi connectivity index (χ0v) is 10.3. The van der Waals surface area contributed by atoms with Crippen molar-refractivity contribution in [2.24, 2.45) is 5.73 Å². The van der Waals surface area contributed by atoms with Gasteiger partial charge in [0.15, 0.2) is 0 Å². The average Bonchev–Trinajstić information content (AvgIpc) is 2.37. The Labute approximate surface area is 108 Å². The molecule has 8 heteroatoms. The van der Waals surface area contributed by atoms with Crippen LogP contribution in [0.15, 0.2) is 24.4 Å². The zero-order chi connectivity index (χ0) is 13.4. The fraction of sp³-hybridized carbons (Fsp3) is 0.300. The standard InChI is InChI=1S/C10H14N4O3S/c11-7(10(16)17)5-18-6-9(15)14-13-8-3-1-2-4-12-8/h1-4,7H,5-6,11H2,(H,12,13)(H,14,15)(H,16,17)/t7-/m1/s1. The molecule has 1 aromatic heterocycles. The number of amides is 1. The van der Waals surface area contributed by atoms with Gasteiger partial charge in [-0.15, -0.1) is 11.8 Å². The molecule has 0 unspecified atom stereocenters. The lowest BCUT2D eigenvalue weighted by molar-refractivity contribution is -0.137. The smallest absolute Gasteiger partial charge is 0.321 e. The Balaban J connectivity index is 2.17. The van der Waals surface area contributed by atoms with E-state index in [1.165, 1.54) is 0 Å². The molecule has 0 aromatic carbocycles. The summed E-state index contributed by atoms with van der Waals surface area (Å²) >= 11 is 1.15. The van der Waals surface area contributed by atoms with Crippen molar-refractivity contribution in [2.75, 3.05) is 16.9 Å². The van der Waals surface area contributed by atoms with Crippen molar-refractivity contribution < 1.29 is 14.7 Å². The number of aliphatic carboxylic acids is 1. The number of thioether (sulfide) groups is 1. The minimum atomic E-state index is -1.07. The fourth-order valence-electron chi connectivity index (χ4n) is 0.956. The van der Waals surface area contributed by atoms with Gasteiger partial charge in [0, 0.05) is 11.9 Å². The Morgan fingerprint density at radius 1 is 1.50 bits per heavy atom. The molecule has 5 N–H and O–H groups in total. The number of nitrogens with zero attached hydrogens (tertiary/aromatic N) is 1. The van der Waals surface area contributed by atoms with E-state index in [9.17, 15) is 9.59 Å². The van der Waals surface area contributed by atoms with Crippen molar-refractivity contribution in [1.29, 1.82) is 0 Å². The Kier molecular flexibility index (Phi) is 5.95. The maximum absolute atomic E-state index is 11.4. The minimum absolute atomic E-state index is 0.126. The van der Waals surface area contributed by atoms with Crippen LogP contribution in [0.5, 0.6) is 0 Å². The molecule has 1 amide bonds. The Morgan fingerprint density at radius 3 is 2.89 bits per heavy atom. The summed E-state index contributed by atoms with van der Waals surface area (Å²) in [5.74, 6) is -0.511. The molecule has 0 saturated heterocycles. The number of carbonyl (C=O) groups excluding carboxylic acids is 1. The quantitative estimate of drug-likeness (QED) is 0.501. The maximum atomic E-state index is 11.4. The Bertz CT molecular complexity index is 401. The number of hydrogen-bond donors (Lipinski definition) is 4. The number of carbonyl (C=O) groups is 2. The van der Waals surface area contributed by atoms with Crippen LogP contribution in [0.25, 0.3) is 0 Å². The van der Waals surface area contributed by atoms with Crippen LogP contribution in [0.3, 0.4) is 0 Å². The van der Waals surface area contributed by atoms with Crippen LogP contribution in [0, 0.1) is 0 Å². The molecule has 98 valence electrons. The highest BCUT2D eigenvalue weighted by Gasteiger charge is 2.12. The van der Waals surface area contributed by atoms with E-state index in [1.807, 2.05) is 0 Å². The first-order valence-electron chi connectivity index (χ1n) is 5.11. The van der Waals surface area contributed by atoms with Crippen molar-refractivity contribution in [1.82, 2.24) is 10.4 Å². The lowest BCUT2D eigenvalue weighted by Crippen LogP contribution is -2.34. The second-order valence-corrected chi connectivity index (χ2v) is 4.38. The predicted molar refractivity (Wildman–Crippen MR) is 68.9 cm³/mol. The van der Waals surface area contributed by atoms with Crippen LogP contribution in [0.4, 0.5) is 5.82 Å². The average molecular weight is 270 g/mol. The van der Waals surface area contributed by atoms with Gasteiger partial charge >= 0.3 is 5.97 Å². The third-order valence-electron chi connectivity index (χ3n) is 1.84. The molecule has 18 heavy (non-hydrogen) atoms. The van der Waals surface area contributed by atoms with Crippen molar-refractivity contribution in [2.45, 2.75) is 6.04 Å². The summed E-state index contributed by atoms with van der Waals surface area (Å²) < 4.78 is 0. The van der Waals surface area contributed by atoms with Gasteiger partial charge in [-0.1, -0.05) is 6.07 Å². The van der Waals surface area contributed by atoms with Gasteiger partial charge in [-0.25, -0.2) is 4.98 Å². The highest BCUT2D eigenvalue weighted by Crippen LogP contribution is 2.02. The number of hydrogen-bond acceptors (Lipinski definition) is 6. The van der Waals surface area contributed by atoms with Crippen LogP contribution in [-0.2, 0) is 9.59 Å². The first-order valence-corrected chi connectivity index (χ1v) is 6.27. The maximum Gasteiger partial charge on any atom is 0.321 e. The van der Waals surface area contributed by atoms with Crippen molar-refractivity contribution >= 4 is 29.5 Å². The zero-order valence-electron chi connectivity index (χ0n) is 9.50. The summed E-state index contributed by atoms with van der Waals surface area (Å²) in [6.07, 6.45) is 1.59. The van der Waals surface area contributed by atoms with E-state index in [4.69, 9.17) is 10.8 Å². The Morgan fingerprint density at radius 2 is 2.28 bits per heavy atom. The van der Waals surface area contributed by atoms with E-state index in [0.29, 0.717) is 5.82 Å². The Hall–Kier alpha value is -1.80. The van der Waals surface area contributed by atoms with Gasteiger partial charge in [0.05, 0.1) is 5.75 Å². The summed E-state index contributed by atoms with van der Waals surface area (Å²) in [5.41, 5.74) is 10.4. The summed E-state index contributed by atoms with van der Waals surface area (Å²) in [4.78, 5) is 25.7. The van der Waals surface area contributed by atoms with Crippen molar-refractivity contribution in [3.8, 4) is 0 Å². The number of aromatic nitrogens is 1. The molecule has 0 saturated carbocycles. The lowest BCUT2D eigenvalue weighted by Gasteiger charge is -2.08. The molecule has 0 spiro atoms. The minimum Gasteiger partial charge on any atom is -0.480 e. The lowest BCUT2D eigenvalue weighted by atomic mass is 10.4. The van der Waals surface area contributed by atoms with E-state index < -0.39 is 12.0 Å². The molecular formula is C10H14N4O3S. The first-order chi connectivity index (χ1) is 8.59. The van der Waals surface area contributed by atoms with E-state index >= 15 is 0 Å². The molecule has 0 aliphatic carbocycles. The van der Waals surface area contributed by atoms with E-state index in [-0.39, 0.29) is 17.4 Å². The van der Waals surface area contributed by atoms with Gasteiger partial charge in [-0.05, 0) is 12.1 Å². The van der Waals surface area contributed by atoms with Gasteiger partial charge < -0.3 is 10.8 Å². The molecule has 1 heterocycles. The molecule has 1 atom stereocenters. The van der Waals surface area contributed by atoms with Crippen LogP contribution in [-0.4, -0.2) is 39.5 Å². The highest BCUT2D eigenvalue weighted by atomic mass is 32.2. The number of pyridine rings is 1. The number of rotatable bonds is 7. The number of carboxylic acids is 1. The summed E-state index contributed by atoms with van der Waals surface area (Å²) in [6.45, 7) is 0. The number of anilines is 1. The first kappa shape index (κ1) is 14.3. The molecule has 1 rings (SSSR count). The molecule has 0 aliphatic rings. The van der Waals surface area contributed by atoms with Crippen molar-refractivity contribution in [3.05, 3.63) is 24.4 Å². The summed E-state index contributed by atoms with van der Waals surface area (Å²) in [7, 11) is 0. The summed E-state index contributed by atoms with van der Waals surface area (Å²) in [6, 6.07) is 4.29. The third-order valence-corrected chi connectivity index (χ3v) is 2.90. The molecule has 0 radical (unpaired) electrons. The van der Waals surface area contributed by atoms with Crippen LogP contribution < -0.4 is 16.6 Å². The van der Waals surface area contributed by atoms with Crippen LogP contribution in [0.1, 0.15) is 0 Å². The van der Waals surface area contributed by atoms with E-state index in [1.54, 1.807) is 24.4 Å². The fourth-order valence-corrected chi connectivity index (χ4v) is 1.73. The third kappa shape index (κ3) is 5.51. The van der Waals surface area contributed by atoms with Crippen LogP contribution in [0.2, 0.25) is 0 Å². The highest BCUT2D eigenvalue weighted by molar-refractivity contribution is 8.00. The second-order valence-electron chi connectivity index (χ2n) is 3.35. The van der Waals surface area contributed by atoms with Gasteiger partial charge in [0.1, 0.15) is 11.9 Å². The predicted octanol–water partition coefficient (Wildman–Crippen LogP) is -0.330. The van der Waals surface area contributed by atoms with Gasteiger partial charge in [-0.3, -0.25) is 20.4 Å². The molecule has 0 aliphatic heterocycles. The number of nitrogens with one attached hydrogen (secondary N) is 2. The normalized spacial score (nSPS) is 11.6. The number of hydrazine groups is 1. The second kappa shape index (κ2) is 7.51.